The molecule has 2 aliphatic rings. The van der Waals surface area contributed by atoms with Gasteiger partial charge in [0.25, 0.3) is 23.6 Å². The van der Waals surface area contributed by atoms with E-state index in [0.717, 1.165) is 12.1 Å². The van der Waals surface area contributed by atoms with Gasteiger partial charge in [-0.25, -0.2) is 0 Å². The second-order valence-corrected chi connectivity index (χ2v) is 11.6. The molecule has 24 heteroatoms. The number of hydrogen-bond acceptors (Lipinski definition) is 4. The molecule has 4 amide bonds. The summed E-state index contributed by atoms with van der Waals surface area (Å²) >= 11 is 0. The maximum atomic E-state index is 12.9. The first kappa shape index (κ1) is 42.8. The standard InChI is InChI=1S/2C15H14F6N4O2/c16-14(17,18)3-4-25-10(6-11(26)24-13(22)23)9-5-7(15(19,20)21)1-2-8(9)12(25)27;16-14(17,18)3-4-25-10(6-11(26)24-13(22)23)8-2-1-7(15(19,20)21)5-9(8)12(25)27/h2*1-2,5,10H,3-4,6H2,(H4,22,23,24,26). The van der Waals surface area contributed by atoms with Gasteiger partial charge in [0.15, 0.2) is 11.9 Å². The molecule has 0 spiro atoms. The van der Waals surface area contributed by atoms with E-state index in [1.165, 1.54) is 0 Å². The number of fused-ring (bicyclic) bond motifs is 2. The number of nitrogens with two attached hydrogens (primary N) is 4. The second kappa shape index (κ2) is 15.8. The minimum atomic E-state index is -4.74. The Labute approximate surface area is 295 Å². The maximum absolute atomic E-state index is 12.9. The molecule has 0 saturated heterocycles. The lowest BCUT2D eigenvalue weighted by Gasteiger charge is -2.25. The zero-order chi connectivity index (χ0) is 41.1. The number of halogens is 12. The van der Waals surface area contributed by atoms with Crippen LogP contribution in [0.3, 0.4) is 0 Å². The third kappa shape index (κ3) is 11.2. The summed E-state index contributed by atoms with van der Waals surface area (Å²) in [6.45, 7) is -1.64. The highest BCUT2D eigenvalue weighted by Crippen LogP contribution is 2.42. The van der Waals surface area contributed by atoms with Crippen LogP contribution in [0.4, 0.5) is 52.7 Å². The van der Waals surface area contributed by atoms with Gasteiger partial charge < -0.3 is 32.7 Å². The highest BCUT2D eigenvalue weighted by atomic mass is 19.4. The van der Waals surface area contributed by atoms with Gasteiger partial charge in [-0.2, -0.15) is 62.7 Å². The average Bonchev–Trinajstić information content (AvgIpc) is 3.41. The van der Waals surface area contributed by atoms with Crippen LogP contribution in [-0.2, 0) is 21.9 Å². The molecule has 0 radical (unpaired) electrons. The molecule has 4 rings (SSSR count). The molecule has 0 bridgehead atoms. The Morgan fingerprint density at radius 1 is 0.574 bits per heavy atom. The fourth-order valence-corrected chi connectivity index (χ4v) is 5.51. The van der Waals surface area contributed by atoms with Crippen LogP contribution in [0.1, 0.15) is 80.7 Å². The van der Waals surface area contributed by atoms with Gasteiger partial charge in [0.05, 0.1) is 48.9 Å². The van der Waals surface area contributed by atoms with Crippen LogP contribution in [0.5, 0.6) is 0 Å². The molecule has 2 atom stereocenters. The van der Waals surface area contributed by atoms with Crippen LogP contribution in [0, 0.1) is 0 Å². The quantitative estimate of drug-likeness (QED) is 0.167. The molecule has 0 saturated carbocycles. The Bertz CT molecular complexity index is 1810. The van der Waals surface area contributed by atoms with Crippen LogP contribution >= 0.6 is 0 Å². The van der Waals surface area contributed by atoms with Crippen molar-refractivity contribution < 1.29 is 71.9 Å². The number of rotatable bonds is 8. The van der Waals surface area contributed by atoms with E-state index in [-0.39, 0.29) is 16.7 Å². The Kier molecular flexibility index (Phi) is 12.5. The minimum Gasteiger partial charge on any atom is -0.370 e. The predicted octanol–water partition coefficient (Wildman–Crippen LogP) is 4.69. The van der Waals surface area contributed by atoms with Crippen LogP contribution in [0.25, 0.3) is 0 Å². The molecule has 2 aromatic rings. The number of aliphatic imine (C=N–C) groups is 2. The van der Waals surface area contributed by atoms with Crippen LogP contribution in [0.2, 0.25) is 0 Å². The topological polar surface area (TPSA) is 204 Å². The summed E-state index contributed by atoms with van der Waals surface area (Å²) < 4.78 is 153. The second-order valence-electron chi connectivity index (χ2n) is 11.6. The fourth-order valence-electron chi connectivity index (χ4n) is 5.51. The van der Waals surface area contributed by atoms with Gasteiger partial charge in [0.1, 0.15) is 0 Å². The van der Waals surface area contributed by atoms with Crippen LogP contribution < -0.4 is 22.9 Å². The molecule has 2 heterocycles. The van der Waals surface area contributed by atoms with E-state index in [1.807, 2.05) is 0 Å². The van der Waals surface area contributed by atoms with Crippen molar-refractivity contribution in [2.45, 2.75) is 62.5 Å². The van der Waals surface area contributed by atoms with Gasteiger partial charge in [0, 0.05) is 24.2 Å². The monoisotopic (exact) mass is 792 g/mol. The predicted molar refractivity (Wildman–Crippen MR) is 163 cm³/mol. The minimum absolute atomic E-state index is 0.00863. The molecule has 2 aliphatic heterocycles. The van der Waals surface area contributed by atoms with Gasteiger partial charge in [-0.3, -0.25) is 19.2 Å². The van der Waals surface area contributed by atoms with Crippen molar-refractivity contribution >= 4 is 35.5 Å². The maximum Gasteiger partial charge on any atom is 0.416 e. The van der Waals surface area contributed by atoms with E-state index in [9.17, 15) is 71.9 Å². The molecule has 2 aromatic carbocycles. The van der Waals surface area contributed by atoms with Crippen LogP contribution in [-0.4, -0.2) is 70.8 Å². The average molecular weight is 793 g/mol. The Morgan fingerprint density at radius 3 is 1.37 bits per heavy atom. The summed E-state index contributed by atoms with van der Waals surface area (Å²) in [5.41, 5.74) is 17.2. The first-order valence-corrected chi connectivity index (χ1v) is 15.0. The van der Waals surface area contributed by atoms with Gasteiger partial charge in [-0.15, -0.1) is 0 Å². The normalized spacial score (nSPS) is 17.0. The van der Waals surface area contributed by atoms with E-state index in [4.69, 9.17) is 22.9 Å². The molecule has 0 aromatic heterocycles. The summed E-state index contributed by atoms with van der Waals surface area (Å²) in [4.78, 5) is 56.3. The summed E-state index contributed by atoms with van der Waals surface area (Å²) in [6, 6.07) is 1.86. The van der Waals surface area contributed by atoms with Crippen molar-refractivity contribution in [3.05, 3.63) is 69.8 Å². The summed E-state index contributed by atoms with van der Waals surface area (Å²) in [5, 5.41) is 0. The molecule has 12 nitrogen and oxygen atoms in total. The fraction of sp³-hybridized carbons (Fsp3) is 0.400. The number of guanidine groups is 2. The lowest BCUT2D eigenvalue weighted by molar-refractivity contribution is -0.139. The molecule has 0 fully saturated rings. The van der Waals surface area contributed by atoms with E-state index >= 15 is 0 Å². The molecule has 8 N–H and O–H groups in total. The zero-order valence-corrected chi connectivity index (χ0v) is 27.1. The van der Waals surface area contributed by atoms with Crippen molar-refractivity contribution in [3.8, 4) is 0 Å². The molecule has 296 valence electrons. The lowest BCUT2D eigenvalue weighted by Crippen LogP contribution is -2.33. The summed E-state index contributed by atoms with van der Waals surface area (Å²) in [5.74, 6) is -5.02. The molecule has 2 unspecified atom stereocenters. The molecular formula is C30H28F12N8O4. The van der Waals surface area contributed by atoms with Crippen LogP contribution in [0.15, 0.2) is 46.4 Å². The van der Waals surface area contributed by atoms with Gasteiger partial charge in [-0.05, 0) is 41.5 Å². The van der Waals surface area contributed by atoms with E-state index in [2.05, 4.69) is 9.98 Å². The van der Waals surface area contributed by atoms with Gasteiger partial charge >= 0.3 is 24.7 Å². The third-order valence-electron chi connectivity index (χ3n) is 7.73. The van der Waals surface area contributed by atoms with Crippen molar-refractivity contribution in [3.63, 3.8) is 0 Å². The van der Waals surface area contributed by atoms with Crippen molar-refractivity contribution in [1.29, 1.82) is 0 Å². The van der Waals surface area contributed by atoms with Gasteiger partial charge in [-0.1, -0.05) is 6.07 Å². The molecule has 54 heavy (non-hydrogen) atoms. The molecule has 0 aliphatic carbocycles. The van der Waals surface area contributed by atoms with Gasteiger partial charge in [0.2, 0.25) is 0 Å². The Morgan fingerprint density at radius 2 is 0.963 bits per heavy atom. The number of carbonyl (C=O) groups excluding carboxylic acids is 4. The largest absolute Gasteiger partial charge is 0.416 e. The van der Waals surface area contributed by atoms with Crippen molar-refractivity contribution in [1.82, 2.24) is 9.80 Å². The first-order chi connectivity index (χ1) is 24.6. The lowest BCUT2D eigenvalue weighted by atomic mass is 9.99. The van der Waals surface area contributed by atoms with E-state index < -0.39 is 128 Å². The number of nitrogens with zero attached hydrogens (tertiary/aromatic N) is 4. The number of alkyl halides is 12. The molecular weight excluding hydrogens is 764 g/mol. The number of carbonyl (C=O) groups is 4. The highest BCUT2D eigenvalue weighted by molar-refractivity contribution is 6.01. The number of benzene rings is 2. The van der Waals surface area contributed by atoms with Crippen molar-refractivity contribution in [2.75, 3.05) is 13.1 Å². The van der Waals surface area contributed by atoms with Crippen molar-refractivity contribution in [2.24, 2.45) is 32.9 Å². The summed E-state index contributed by atoms with van der Waals surface area (Å²) in [7, 11) is 0. The smallest absolute Gasteiger partial charge is 0.370 e. The number of hydrogen-bond donors (Lipinski definition) is 4. The Balaban J connectivity index is 0.000000290. The Hall–Kier alpha value is -5.58. The first-order valence-electron chi connectivity index (χ1n) is 15.0. The highest BCUT2D eigenvalue weighted by Gasteiger charge is 2.44. The zero-order valence-electron chi connectivity index (χ0n) is 27.1. The number of amides is 4. The third-order valence-corrected chi connectivity index (χ3v) is 7.73. The van der Waals surface area contributed by atoms with E-state index in [1.54, 1.807) is 0 Å². The summed E-state index contributed by atoms with van der Waals surface area (Å²) in [6.07, 6.45) is -22.7. The van der Waals surface area contributed by atoms with E-state index in [0.29, 0.717) is 34.1 Å². The SMILES string of the molecule is NC(N)=NC(=O)CC1c2cc(C(F)(F)F)ccc2C(=O)N1CCC(F)(F)F.NC(N)=NC(=O)CC1c2ccc(C(F)(F)F)cc2C(=O)N1CCC(F)(F)F.